The second-order valence-electron chi connectivity index (χ2n) is 7.85. The first-order chi connectivity index (χ1) is 14.0. The second-order valence-corrected chi connectivity index (χ2v) is 10.7. The van der Waals surface area contributed by atoms with Crippen molar-refractivity contribution in [1.82, 2.24) is 4.72 Å². The average Bonchev–Trinajstić information content (AvgIpc) is 2.63. The van der Waals surface area contributed by atoms with Crippen LogP contribution in [0.4, 0.5) is 4.39 Å². The van der Waals surface area contributed by atoms with E-state index in [0.717, 1.165) is 0 Å². The van der Waals surface area contributed by atoms with Crippen LogP contribution in [-0.2, 0) is 20.9 Å². The summed E-state index contributed by atoms with van der Waals surface area (Å²) in [6.45, 7) is 8.88. The van der Waals surface area contributed by atoms with Crippen LogP contribution in [0.25, 0.3) is 11.1 Å². The van der Waals surface area contributed by atoms with Gasteiger partial charge in [0.25, 0.3) is 0 Å². The summed E-state index contributed by atoms with van der Waals surface area (Å²) in [4.78, 5) is 12.2. The van der Waals surface area contributed by atoms with Gasteiger partial charge in [0, 0.05) is 32.5 Å². The van der Waals surface area contributed by atoms with Crippen molar-refractivity contribution in [2.24, 2.45) is 0 Å². The summed E-state index contributed by atoms with van der Waals surface area (Å²) in [6.07, 6.45) is -0.175. The molecule has 4 nitrogen and oxygen atoms in total. The number of rotatable bonds is 7. The minimum Gasteiger partial charge on any atom is -0.598 e. The number of carbonyl (C=O) groups excluding carboxylic acids is 1. The summed E-state index contributed by atoms with van der Waals surface area (Å²) in [5.41, 5.74) is 1.73. The molecule has 0 aliphatic heterocycles. The molecule has 30 heavy (non-hydrogen) atoms. The predicted octanol–water partition coefficient (Wildman–Crippen LogP) is 6.15. The monoisotopic (exact) mass is 473 g/mol. The highest BCUT2D eigenvalue weighted by Gasteiger charge is 2.33. The molecule has 2 aromatic carbocycles. The molecule has 0 heterocycles. The predicted molar refractivity (Wildman–Crippen MR) is 122 cm³/mol. The third kappa shape index (κ3) is 6.11. The van der Waals surface area contributed by atoms with Gasteiger partial charge in [-0.1, -0.05) is 29.3 Å². The van der Waals surface area contributed by atoms with Crippen molar-refractivity contribution in [2.75, 3.05) is 6.61 Å². The van der Waals surface area contributed by atoms with E-state index in [1.807, 2.05) is 0 Å². The Bertz CT molecular complexity index is 898. The van der Waals surface area contributed by atoms with Gasteiger partial charge in [-0.15, -0.1) is 4.72 Å². The fraction of sp³-hybridized carbons (Fsp3) is 0.409. The molecule has 2 atom stereocenters. The highest BCUT2D eigenvalue weighted by Crippen LogP contribution is 2.38. The third-order valence-electron chi connectivity index (χ3n) is 4.39. The van der Waals surface area contributed by atoms with Gasteiger partial charge in [-0.3, -0.25) is 4.79 Å². The molecule has 8 heteroatoms. The topological polar surface area (TPSA) is 61.4 Å². The van der Waals surface area contributed by atoms with Gasteiger partial charge in [-0.05, 0) is 70.0 Å². The number of hydrogen-bond donors (Lipinski definition) is 1. The standard InChI is InChI=1S/C22H26Cl2FNO3S/c1-6-29-19(27)12-18(26-30(28)22(3,4)5)15-11-14(10-13(2)21(15)25)20-16(23)8-7-9-17(20)24/h7-11,18,26H,6,12H2,1-5H3/t18?,30-/m1/s1. The van der Waals surface area contributed by atoms with Crippen LogP contribution in [-0.4, -0.2) is 21.9 Å². The molecule has 0 fully saturated rings. The van der Waals surface area contributed by atoms with Crippen molar-refractivity contribution >= 4 is 40.5 Å². The first-order valence-corrected chi connectivity index (χ1v) is 11.4. The van der Waals surface area contributed by atoms with Crippen LogP contribution >= 0.6 is 23.2 Å². The quantitative estimate of drug-likeness (QED) is 0.386. The average molecular weight is 474 g/mol. The van der Waals surface area contributed by atoms with Crippen LogP contribution in [0.2, 0.25) is 10.0 Å². The van der Waals surface area contributed by atoms with Crippen LogP contribution in [0.15, 0.2) is 30.3 Å². The largest absolute Gasteiger partial charge is 0.598 e. The van der Waals surface area contributed by atoms with E-state index in [0.29, 0.717) is 26.7 Å². The van der Waals surface area contributed by atoms with Gasteiger partial charge >= 0.3 is 5.97 Å². The normalized spacial score (nSPS) is 13.8. The Balaban J connectivity index is 2.58. The van der Waals surface area contributed by atoms with Crippen molar-refractivity contribution in [3.63, 3.8) is 0 Å². The van der Waals surface area contributed by atoms with Gasteiger partial charge < -0.3 is 9.29 Å². The molecule has 1 N–H and O–H groups in total. The molecule has 0 aliphatic carbocycles. The van der Waals surface area contributed by atoms with E-state index < -0.39 is 33.9 Å². The Morgan fingerprint density at radius 1 is 1.27 bits per heavy atom. The lowest BCUT2D eigenvalue weighted by atomic mass is 9.95. The maximum atomic E-state index is 15.2. The summed E-state index contributed by atoms with van der Waals surface area (Å²) in [5.74, 6) is -1.01. The first kappa shape index (κ1) is 25.0. The Morgan fingerprint density at radius 3 is 2.40 bits per heavy atom. The number of esters is 1. The summed E-state index contributed by atoms with van der Waals surface area (Å²) in [6, 6.07) is 7.50. The van der Waals surface area contributed by atoms with Gasteiger partial charge in [-0.25, -0.2) is 4.39 Å². The zero-order valence-corrected chi connectivity index (χ0v) is 20.0. The number of benzene rings is 2. The fourth-order valence-electron chi connectivity index (χ4n) is 2.88. The van der Waals surface area contributed by atoms with Crippen molar-refractivity contribution < 1.29 is 18.5 Å². The number of aryl methyl sites for hydroxylation is 1. The Hall–Kier alpha value is -1.31. The van der Waals surface area contributed by atoms with E-state index in [2.05, 4.69) is 4.72 Å². The maximum Gasteiger partial charge on any atom is 0.307 e. The molecule has 0 aliphatic rings. The van der Waals surface area contributed by atoms with Crippen molar-refractivity contribution in [3.8, 4) is 11.1 Å². The van der Waals surface area contributed by atoms with Gasteiger partial charge in [0.1, 0.15) is 10.6 Å². The van der Waals surface area contributed by atoms with Crippen LogP contribution in [0.3, 0.4) is 0 Å². The smallest absolute Gasteiger partial charge is 0.307 e. The lowest BCUT2D eigenvalue weighted by Crippen LogP contribution is -2.42. The zero-order valence-electron chi connectivity index (χ0n) is 17.6. The molecule has 0 radical (unpaired) electrons. The molecule has 0 spiro atoms. The number of nitrogens with one attached hydrogen (secondary N) is 1. The maximum absolute atomic E-state index is 15.2. The second kappa shape index (κ2) is 10.3. The molecule has 2 rings (SSSR count). The van der Waals surface area contributed by atoms with Crippen molar-refractivity contribution in [1.29, 1.82) is 0 Å². The summed E-state index contributed by atoms with van der Waals surface area (Å²) >= 11 is 11.1. The van der Waals surface area contributed by atoms with Gasteiger partial charge in [0.15, 0.2) is 0 Å². The van der Waals surface area contributed by atoms with E-state index in [1.165, 1.54) is 0 Å². The first-order valence-electron chi connectivity index (χ1n) is 9.53. The van der Waals surface area contributed by atoms with Crippen molar-refractivity contribution in [2.45, 2.75) is 51.8 Å². The van der Waals surface area contributed by atoms with Gasteiger partial charge in [-0.2, -0.15) is 0 Å². The van der Waals surface area contributed by atoms with E-state index in [1.54, 1.807) is 65.0 Å². The molecule has 0 amide bonds. The molecule has 0 bridgehead atoms. The van der Waals surface area contributed by atoms with Crippen molar-refractivity contribution in [3.05, 3.63) is 57.3 Å². The number of halogens is 3. The summed E-state index contributed by atoms with van der Waals surface area (Å²) in [5, 5.41) is 0.847. The number of carbonyl (C=O) groups is 1. The SMILES string of the molecule is CCOC(=O)CC(N[S@+]([O-])C(C)(C)C)c1cc(-c2c(Cl)cccc2Cl)cc(C)c1F. The third-order valence-corrected chi connectivity index (χ3v) is 6.63. The summed E-state index contributed by atoms with van der Waals surface area (Å²) in [7, 11) is 0. The van der Waals surface area contributed by atoms with E-state index in [4.69, 9.17) is 27.9 Å². The van der Waals surface area contributed by atoms with Gasteiger partial charge in [0.05, 0.1) is 19.1 Å². The lowest BCUT2D eigenvalue weighted by molar-refractivity contribution is -0.143. The lowest BCUT2D eigenvalue weighted by Gasteiger charge is -2.28. The molecular weight excluding hydrogens is 448 g/mol. The Morgan fingerprint density at radius 2 is 1.87 bits per heavy atom. The van der Waals surface area contributed by atoms with E-state index in [-0.39, 0.29) is 18.6 Å². The number of ether oxygens (including phenoxy) is 1. The van der Waals surface area contributed by atoms with Crippen LogP contribution in [0.5, 0.6) is 0 Å². The van der Waals surface area contributed by atoms with Crippen LogP contribution in [0.1, 0.15) is 51.3 Å². The van der Waals surface area contributed by atoms with Gasteiger partial charge in [0.2, 0.25) is 0 Å². The Kier molecular flexibility index (Phi) is 8.60. The van der Waals surface area contributed by atoms with E-state index >= 15 is 4.39 Å². The molecular formula is C22H26Cl2FNO3S. The Labute approximate surface area is 190 Å². The number of hydrogen-bond acceptors (Lipinski definition) is 4. The minimum absolute atomic E-state index is 0.175. The fourth-order valence-corrected chi connectivity index (χ4v) is 4.31. The molecule has 164 valence electrons. The molecule has 0 saturated heterocycles. The highest BCUT2D eigenvalue weighted by molar-refractivity contribution is 7.90. The molecule has 0 saturated carbocycles. The minimum atomic E-state index is -1.54. The van der Waals surface area contributed by atoms with E-state index in [9.17, 15) is 9.35 Å². The molecule has 1 unspecified atom stereocenters. The zero-order chi connectivity index (χ0) is 22.6. The van der Waals surface area contributed by atoms with Crippen LogP contribution in [0, 0.1) is 12.7 Å². The van der Waals surface area contributed by atoms with Crippen LogP contribution < -0.4 is 4.72 Å². The molecule has 0 aromatic heterocycles. The highest BCUT2D eigenvalue weighted by atomic mass is 35.5. The molecule has 2 aromatic rings. The summed E-state index contributed by atoms with van der Waals surface area (Å²) < 4.78 is 35.2.